The monoisotopic (exact) mass is 360 g/mol. The van der Waals surface area contributed by atoms with E-state index in [-0.39, 0.29) is 29.7 Å². The lowest BCUT2D eigenvalue weighted by Crippen LogP contribution is -2.32. The van der Waals surface area contributed by atoms with Crippen LogP contribution in [0.4, 0.5) is 0 Å². The number of benzene rings is 2. The standard InChI is InChI=1S/C19H24N2O3S/c1-15-8-10-18(11-9-15)25(23,24)21-13-12-19(22)20-14-16(2)17-6-4-3-5-7-17/h3-11,16,21H,12-14H2,1-2H3,(H,20,22)/t16-/m1/s1. The van der Waals surface area contributed by atoms with Crippen LogP contribution in [0.15, 0.2) is 59.5 Å². The Hall–Kier alpha value is -2.18. The lowest BCUT2D eigenvalue weighted by atomic mass is 10.0. The van der Waals surface area contributed by atoms with Crippen LogP contribution >= 0.6 is 0 Å². The molecular formula is C19H24N2O3S. The highest BCUT2D eigenvalue weighted by Gasteiger charge is 2.14. The highest BCUT2D eigenvalue weighted by Crippen LogP contribution is 2.13. The summed E-state index contributed by atoms with van der Waals surface area (Å²) in [7, 11) is -3.58. The average molecular weight is 360 g/mol. The van der Waals surface area contributed by atoms with Crippen LogP contribution in [-0.4, -0.2) is 27.4 Å². The Bertz CT molecular complexity index is 787. The second kappa shape index (κ2) is 8.78. The molecule has 5 nitrogen and oxygen atoms in total. The molecule has 0 bridgehead atoms. The highest BCUT2D eigenvalue weighted by molar-refractivity contribution is 7.89. The molecule has 1 amide bonds. The van der Waals surface area contributed by atoms with E-state index >= 15 is 0 Å². The van der Waals surface area contributed by atoms with Crippen LogP contribution in [-0.2, 0) is 14.8 Å². The molecule has 1 atom stereocenters. The summed E-state index contributed by atoms with van der Waals surface area (Å²) in [6.45, 7) is 4.52. The Morgan fingerprint density at radius 3 is 2.32 bits per heavy atom. The van der Waals surface area contributed by atoms with Crippen LogP contribution in [0, 0.1) is 6.92 Å². The Morgan fingerprint density at radius 2 is 1.68 bits per heavy atom. The van der Waals surface area contributed by atoms with Crippen molar-refractivity contribution in [3.05, 3.63) is 65.7 Å². The topological polar surface area (TPSA) is 75.3 Å². The van der Waals surface area contributed by atoms with Crippen molar-refractivity contribution in [3.8, 4) is 0 Å². The van der Waals surface area contributed by atoms with E-state index in [4.69, 9.17) is 0 Å². The third-order valence-electron chi connectivity index (χ3n) is 3.95. The summed E-state index contributed by atoms with van der Waals surface area (Å²) in [6, 6.07) is 16.5. The van der Waals surface area contributed by atoms with Gasteiger partial charge in [-0.3, -0.25) is 4.79 Å². The van der Waals surface area contributed by atoms with E-state index in [1.54, 1.807) is 24.3 Å². The Balaban J connectivity index is 1.75. The van der Waals surface area contributed by atoms with E-state index in [1.807, 2.05) is 44.2 Å². The maximum atomic E-state index is 12.1. The summed E-state index contributed by atoms with van der Waals surface area (Å²) < 4.78 is 26.7. The average Bonchev–Trinajstić information content (AvgIpc) is 2.60. The van der Waals surface area contributed by atoms with Gasteiger partial charge in [0.2, 0.25) is 15.9 Å². The number of carbonyl (C=O) groups excluding carboxylic acids is 1. The number of sulfonamides is 1. The molecule has 2 aromatic rings. The molecule has 0 unspecified atom stereocenters. The van der Waals surface area contributed by atoms with Gasteiger partial charge in [-0.25, -0.2) is 13.1 Å². The number of rotatable bonds is 8. The Kier molecular flexibility index (Phi) is 6.73. The Labute approximate surface area is 149 Å². The fourth-order valence-corrected chi connectivity index (χ4v) is 3.39. The van der Waals surface area contributed by atoms with Crippen molar-refractivity contribution in [2.45, 2.75) is 31.1 Å². The minimum atomic E-state index is -3.58. The molecule has 0 aliphatic carbocycles. The Morgan fingerprint density at radius 1 is 1.04 bits per heavy atom. The van der Waals surface area contributed by atoms with Crippen molar-refractivity contribution in [2.24, 2.45) is 0 Å². The van der Waals surface area contributed by atoms with Gasteiger partial charge in [-0.15, -0.1) is 0 Å². The second-order valence-corrected chi connectivity index (χ2v) is 7.84. The zero-order valence-electron chi connectivity index (χ0n) is 14.5. The van der Waals surface area contributed by atoms with Crippen LogP contribution in [0.25, 0.3) is 0 Å². The van der Waals surface area contributed by atoms with E-state index in [0.717, 1.165) is 11.1 Å². The molecular weight excluding hydrogens is 336 g/mol. The zero-order valence-corrected chi connectivity index (χ0v) is 15.3. The quantitative estimate of drug-likeness (QED) is 0.760. The molecule has 0 spiro atoms. The van der Waals surface area contributed by atoms with Gasteiger partial charge in [0.1, 0.15) is 0 Å². The van der Waals surface area contributed by atoms with Crippen LogP contribution in [0.1, 0.15) is 30.4 Å². The van der Waals surface area contributed by atoms with E-state index in [1.165, 1.54) is 0 Å². The summed E-state index contributed by atoms with van der Waals surface area (Å²) >= 11 is 0. The normalized spacial score (nSPS) is 12.6. The summed E-state index contributed by atoms with van der Waals surface area (Å²) in [5, 5.41) is 2.84. The van der Waals surface area contributed by atoms with E-state index in [2.05, 4.69) is 10.0 Å². The molecule has 134 valence electrons. The molecule has 0 aromatic heterocycles. The second-order valence-electron chi connectivity index (χ2n) is 6.08. The third kappa shape index (κ3) is 5.99. The van der Waals surface area contributed by atoms with Crippen molar-refractivity contribution < 1.29 is 13.2 Å². The van der Waals surface area contributed by atoms with Gasteiger partial charge in [0, 0.05) is 19.5 Å². The van der Waals surface area contributed by atoms with Crippen molar-refractivity contribution >= 4 is 15.9 Å². The van der Waals surface area contributed by atoms with Gasteiger partial charge in [0.05, 0.1) is 4.90 Å². The predicted molar refractivity (Wildman–Crippen MR) is 98.9 cm³/mol. The van der Waals surface area contributed by atoms with E-state index < -0.39 is 10.0 Å². The summed E-state index contributed by atoms with van der Waals surface area (Å²) in [5.41, 5.74) is 2.15. The maximum absolute atomic E-state index is 12.1. The highest BCUT2D eigenvalue weighted by atomic mass is 32.2. The first-order valence-corrected chi connectivity index (χ1v) is 9.75. The first kappa shape index (κ1) is 19.1. The van der Waals surface area contributed by atoms with Crippen molar-refractivity contribution in [1.82, 2.24) is 10.0 Å². The van der Waals surface area contributed by atoms with E-state index in [0.29, 0.717) is 6.54 Å². The molecule has 0 aliphatic heterocycles. The van der Waals surface area contributed by atoms with Gasteiger partial charge in [-0.05, 0) is 30.5 Å². The zero-order chi connectivity index (χ0) is 18.3. The van der Waals surface area contributed by atoms with Gasteiger partial charge in [-0.2, -0.15) is 0 Å². The molecule has 0 aliphatic rings. The molecule has 2 rings (SSSR count). The summed E-state index contributed by atoms with van der Waals surface area (Å²) in [6.07, 6.45) is 0.104. The predicted octanol–water partition coefficient (Wildman–Crippen LogP) is 2.58. The molecule has 0 radical (unpaired) electrons. The largest absolute Gasteiger partial charge is 0.355 e. The number of nitrogens with one attached hydrogen (secondary N) is 2. The summed E-state index contributed by atoms with van der Waals surface area (Å²) in [5.74, 6) is 0.0313. The van der Waals surface area contributed by atoms with Crippen LogP contribution < -0.4 is 10.0 Å². The number of hydrogen-bond donors (Lipinski definition) is 2. The van der Waals surface area contributed by atoms with Gasteiger partial charge < -0.3 is 5.32 Å². The summed E-state index contributed by atoms with van der Waals surface area (Å²) in [4.78, 5) is 12.1. The molecule has 0 fully saturated rings. The molecule has 2 aromatic carbocycles. The molecule has 0 saturated carbocycles. The minimum Gasteiger partial charge on any atom is -0.355 e. The number of carbonyl (C=O) groups is 1. The van der Waals surface area contributed by atoms with Crippen LogP contribution in [0.5, 0.6) is 0 Å². The van der Waals surface area contributed by atoms with Crippen LogP contribution in [0.2, 0.25) is 0 Å². The fraction of sp³-hybridized carbons (Fsp3) is 0.316. The molecule has 0 heterocycles. The van der Waals surface area contributed by atoms with Gasteiger partial charge >= 0.3 is 0 Å². The van der Waals surface area contributed by atoms with Crippen molar-refractivity contribution in [3.63, 3.8) is 0 Å². The maximum Gasteiger partial charge on any atom is 0.240 e. The SMILES string of the molecule is Cc1ccc(S(=O)(=O)NCCC(=O)NC[C@@H](C)c2ccccc2)cc1. The van der Waals surface area contributed by atoms with Crippen LogP contribution in [0.3, 0.4) is 0 Å². The first-order valence-electron chi connectivity index (χ1n) is 8.26. The van der Waals surface area contributed by atoms with Crippen molar-refractivity contribution in [1.29, 1.82) is 0 Å². The fourth-order valence-electron chi connectivity index (χ4n) is 2.35. The number of hydrogen-bond acceptors (Lipinski definition) is 3. The number of aryl methyl sites for hydroxylation is 1. The first-order chi connectivity index (χ1) is 11.9. The molecule has 0 saturated heterocycles. The number of amides is 1. The minimum absolute atomic E-state index is 0.0712. The van der Waals surface area contributed by atoms with Gasteiger partial charge in [-0.1, -0.05) is 55.0 Å². The van der Waals surface area contributed by atoms with Crippen molar-refractivity contribution in [2.75, 3.05) is 13.1 Å². The lowest BCUT2D eigenvalue weighted by molar-refractivity contribution is -0.120. The molecule has 2 N–H and O–H groups in total. The van der Waals surface area contributed by atoms with Gasteiger partial charge in [0.15, 0.2) is 0 Å². The molecule has 25 heavy (non-hydrogen) atoms. The van der Waals surface area contributed by atoms with Gasteiger partial charge in [0.25, 0.3) is 0 Å². The van der Waals surface area contributed by atoms with E-state index in [9.17, 15) is 13.2 Å². The molecule has 6 heteroatoms. The lowest BCUT2D eigenvalue weighted by Gasteiger charge is -2.13. The third-order valence-corrected chi connectivity index (χ3v) is 5.43. The smallest absolute Gasteiger partial charge is 0.240 e.